The maximum absolute atomic E-state index is 13.1. The van der Waals surface area contributed by atoms with E-state index in [0.717, 1.165) is 32.1 Å². The largest absolute Gasteiger partial charge is 0.446 e. The number of hydrogen-bond acceptors (Lipinski definition) is 5. The van der Waals surface area contributed by atoms with Gasteiger partial charge in [0.25, 0.3) is 0 Å². The average Bonchev–Trinajstić information content (AvgIpc) is 3.38. The van der Waals surface area contributed by atoms with Crippen LogP contribution in [0.2, 0.25) is 0 Å². The zero-order valence-corrected chi connectivity index (χ0v) is 18.3. The lowest BCUT2D eigenvalue weighted by Gasteiger charge is -2.58. The molecular formula is C24H27N5O4. The van der Waals surface area contributed by atoms with Gasteiger partial charge in [0.2, 0.25) is 5.91 Å². The molecule has 9 nitrogen and oxygen atoms in total. The van der Waals surface area contributed by atoms with Crippen LogP contribution in [0.5, 0.6) is 0 Å². The maximum atomic E-state index is 13.1. The van der Waals surface area contributed by atoms with Crippen LogP contribution in [0, 0.1) is 34.5 Å². The summed E-state index contributed by atoms with van der Waals surface area (Å²) in [6, 6.07) is 7.05. The summed E-state index contributed by atoms with van der Waals surface area (Å²) >= 11 is 0. The summed E-state index contributed by atoms with van der Waals surface area (Å²) in [6.45, 7) is 0.898. The Morgan fingerprint density at radius 3 is 2.67 bits per heavy atom. The van der Waals surface area contributed by atoms with Crippen molar-refractivity contribution in [2.75, 3.05) is 13.1 Å². The van der Waals surface area contributed by atoms with Crippen LogP contribution in [0.15, 0.2) is 23.0 Å². The van der Waals surface area contributed by atoms with Gasteiger partial charge in [0, 0.05) is 13.1 Å². The van der Waals surface area contributed by atoms with E-state index in [1.54, 1.807) is 27.7 Å². The number of carbonyl (C=O) groups excluding carboxylic acids is 2. The standard InChI is InChI=1S/C24H27N5O4/c25-11-13-1-2-18-19(7-13)29(22(31)27-18)17-3-4-28(12-17)23(32)33-20-15-5-14-6-16(20)10-24(8-14,9-15)21(26)30/h1-2,7,14-17,20H,3-6,8-10,12H2,(H2,26,30)(H,27,31)/t14?,15?,16?,17-,20?,24?/m1/s1. The summed E-state index contributed by atoms with van der Waals surface area (Å²) in [5.41, 5.74) is 6.96. The number of aromatic amines is 1. The Kier molecular flexibility index (Phi) is 4.38. The van der Waals surface area contributed by atoms with Gasteiger partial charge in [-0.3, -0.25) is 9.36 Å². The molecule has 2 aromatic rings. The first-order valence-electron chi connectivity index (χ1n) is 11.8. The highest BCUT2D eigenvalue weighted by Crippen LogP contribution is 2.60. The molecule has 1 aromatic carbocycles. The fourth-order valence-corrected chi connectivity index (χ4v) is 7.33. The molecule has 1 saturated heterocycles. The number of ether oxygens (including phenoxy) is 1. The van der Waals surface area contributed by atoms with Gasteiger partial charge in [0.05, 0.1) is 34.1 Å². The molecule has 1 aliphatic heterocycles. The van der Waals surface area contributed by atoms with Crippen molar-refractivity contribution in [1.82, 2.24) is 14.5 Å². The van der Waals surface area contributed by atoms with E-state index in [-0.39, 0.29) is 41.7 Å². The maximum Gasteiger partial charge on any atom is 0.410 e. The molecule has 172 valence electrons. The monoisotopic (exact) mass is 449 g/mol. The molecule has 3 atom stereocenters. The molecule has 4 aliphatic carbocycles. The zero-order valence-electron chi connectivity index (χ0n) is 18.3. The van der Waals surface area contributed by atoms with Gasteiger partial charge in [0.15, 0.2) is 0 Å². The van der Waals surface area contributed by atoms with Crippen LogP contribution in [-0.4, -0.2) is 45.6 Å². The Labute approximate surface area is 190 Å². The minimum Gasteiger partial charge on any atom is -0.446 e. The lowest BCUT2D eigenvalue weighted by molar-refractivity contribution is -0.161. The molecule has 7 rings (SSSR count). The number of benzene rings is 1. The van der Waals surface area contributed by atoms with Crippen molar-refractivity contribution in [2.45, 2.75) is 50.7 Å². The third-order valence-electron chi connectivity index (χ3n) is 8.58. The lowest BCUT2D eigenvalue weighted by atomic mass is 9.48. The second-order valence-corrected chi connectivity index (χ2v) is 10.5. The quantitative estimate of drug-likeness (QED) is 0.741. The first kappa shape index (κ1) is 20.3. The second kappa shape index (κ2) is 7.11. The van der Waals surface area contributed by atoms with Gasteiger partial charge < -0.3 is 20.4 Å². The number of nitrogens with one attached hydrogen (secondary N) is 1. The molecule has 5 fully saturated rings. The lowest BCUT2D eigenvalue weighted by Crippen LogP contribution is -2.59. The molecule has 1 aromatic heterocycles. The minimum atomic E-state index is -0.406. The first-order valence-corrected chi connectivity index (χ1v) is 11.8. The molecule has 5 aliphatic rings. The van der Waals surface area contributed by atoms with Gasteiger partial charge in [-0.15, -0.1) is 0 Å². The molecule has 4 bridgehead atoms. The van der Waals surface area contributed by atoms with Crippen LogP contribution >= 0.6 is 0 Å². The van der Waals surface area contributed by atoms with Gasteiger partial charge in [0.1, 0.15) is 6.10 Å². The third-order valence-corrected chi connectivity index (χ3v) is 8.58. The average molecular weight is 450 g/mol. The van der Waals surface area contributed by atoms with E-state index >= 15 is 0 Å². The van der Waals surface area contributed by atoms with Crippen molar-refractivity contribution in [3.63, 3.8) is 0 Å². The van der Waals surface area contributed by atoms with Crippen molar-refractivity contribution in [2.24, 2.45) is 28.9 Å². The molecule has 2 amide bonds. The molecule has 0 radical (unpaired) electrons. The number of hydrogen-bond donors (Lipinski definition) is 2. The van der Waals surface area contributed by atoms with Crippen LogP contribution in [0.1, 0.15) is 50.1 Å². The van der Waals surface area contributed by atoms with Crippen molar-refractivity contribution in [3.05, 3.63) is 34.2 Å². The van der Waals surface area contributed by atoms with Crippen molar-refractivity contribution >= 4 is 23.0 Å². The fourth-order valence-electron chi connectivity index (χ4n) is 7.33. The summed E-state index contributed by atoms with van der Waals surface area (Å²) in [5, 5.41) is 9.22. The summed E-state index contributed by atoms with van der Waals surface area (Å²) in [6.07, 6.45) is 4.47. The summed E-state index contributed by atoms with van der Waals surface area (Å²) in [4.78, 5) is 42.4. The number of primary amides is 1. The summed E-state index contributed by atoms with van der Waals surface area (Å²) < 4.78 is 7.71. The number of nitrogens with two attached hydrogens (primary N) is 1. The smallest absolute Gasteiger partial charge is 0.410 e. The SMILES string of the molecule is N#Cc1ccc2[nH]c(=O)n([C@@H]3CCN(C(=O)OC4C5CC6CC4CC(C(N)=O)(C6)C5)C3)c2c1. The van der Waals surface area contributed by atoms with E-state index in [2.05, 4.69) is 11.1 Å². The van der Waals surface area contributed by atoms with Gasteiger partial charge in [-0.2, -0.15) is 5.26 Å². The molecule has 33 heavy (non-hydrogen) atoms. The highest BCUT2D eigenvalue weighted by Gasteiger charge is 2.59. The number of nitrogens with zero attached hydrogens (tertiary/aromatic N) is 3. The number of likely N-dealkylation sites (tertiary alicyclic amines) is 1. The summed E-state index contributed by atoms with van der Waals surface area (Å²) in [5.74, 6) is 0.712. The topological polar surface area (TPSA) is 134 Å². The summed E-state index contributed by atoms with van der Waals surface area (Å²) in [7, 11) is 0. The second-order valence-electron chi connectivity index (χ2n) is 10.5. The predicted molar refractivity (Wildman–Crippen MR) is 118 cm³/mol. The van der Waals surface area contributed by atoms with Crippen LogP contribution in [0.3, 0.4) is 0 Å². The predicted octanol–water partition coefficient (Wildman–Crippen LogP) is 2.26. The number of nitriles is 1. The Bertz CT molecular complexity index is 1240. The molecule has 4 saturated carbocycles. The van der Waals surface area contributed by atoms with Gasteiger partial charge >= 0.3 is 11.8 Å². The van der Waals surface area contributed by atoms with E-state index in [0.29, 0.717) is 42.0 Å². The number of aromatic nitrogens is 2. The molecular weight excluding hydrogens is 422 g/mol. The molecule has 9 heteroatoms. The van der Waals surface area contributed by atoms with Crippen LogP contribution < -0.4 is 11.4 Å². The third kappa shape index (κ3) is 3.07. The molecule has 2 unspecified atom stereocenters. The van der Waals surface area contributed by atoms with Crippen molar-refractivity contribution < 1.29 is 14.3 Å². The number of fused-ring (bicyclic) bond motifs is 1. The Morgan fingerprint density at radius 2 is 1.97 bits per heavy atom. The normalized spacial score (nSPS) is 34.5. The Morgan fingerprint density at radius 1 is 1.21 bits per heavy atom. The van der Waals surface area contributed by atoms with Gasteiger partial charge in [-0.25, -0.2) is 9.59 Å². The molecule has 3 N–H and O–H groups in total. The number of imidazole rings is 1. The highest BCUT2D eigenvalue weighted by molar-refractivity contribution is 5.81. The van der Waals surface area contributed by atoms with Crippen LogP contribution in [0.25, 0.3) is 11.0 Å². The van der Waals surface area contributed by atoms with E-state index in [4.69, 9.17) is 10.5 Å². The van der Waals surface area contributed by atoms with Crippen LogP contribution in [-0.2, 0) is 9.53 Å². The number of rotatable bonds is 3. The van der Waals surface area contributed by atoms with Crippen molar-refractivity contribution in [3.8, 4) is 6.07 Å². The van der Waals surface area contributed by atoms with Gasteiger partial charge in [-0.1, -0.05) is 0 Å². The van der Waals surface area contributed by atoms with E-state index in [1.807, 2.05) is 0 Å². The number of H-pyrrole nitrogens is 1. The van der Waals surface area contributed by atoms with Crippen molar-refractivity contribution in [1.29, 1.82) is 5.26 Å². The zero-order chi connectivity index (χ0) is 22.9. The van der Waals surface area contributed by atoms with E-state index in [1.165, 1.54) is 0 Å². The molecule has 0 spiro atoms. The molecule has 2 heterocycles. The van der Waals surface area contributed by atoms with Crippen LogP contribution in [0.4, 0.5) is 4.79 Å². The van der Waals surface area contributed by atoms with E-state index in [9.17, 15) is 19.6 Å². The number of carbonyl (C=O) groups is 2. The highest BCUT2D eigenvalue weighted by atomic mass is 16.6. The first-order chi connectivity index (χ1) is 15.9. The fraction of sp³-hybridized carbons (Fsp3) is 0.583. The van der Waals surface area contributed by atoms with Gasteiger partial charge in [-0.05, 0) is 74.5 Å². The van der Waals surface area contributed by atoms with E-state index < -0.39 is 5.41 Å². The minimum absolute atomic E-state index is 0.158. The number of amides is 2. The Balaban J connectivity index is 1.17. The Hall–Kier alpha value is -3.28.